The first-order valence-electron chi connectivity index (χ1n) is 6.46. The number of halogens is 3. The highest BCUT2D eigenvalue weighted by Gasteiger charge is 2.22. The van der Waals surface area contributed by atoms with Crippen molar-refractivity contribution in [2.45, 2.75) is 37.6 Å². The van der Waals surface area contributed by atoms with E-state index in [-0.39, 0.29) is 16.2 Å². The summed E-state index contributed by atoms with van der Waals surface area (Å²) in [4.78, 5) is 0. The Balaban J connectivity index is 1.83. The first-order chi connectivity index (χ1) is 8.68. The smallest absolute Gasteiger partial charge is 0.142 e. The van der Waals surface area contributed by atoms with E-state index in [0.29, 0.717) is 12.5 Å². The van der Waals surface area contributed by atoms with Gasteiger partial charge < -0.3 is 5.32 Å². The second-order valence-electron chi connectivity index (χ2n) is 4.90. The van der Waals surface area contributed by atoms with Crippen molar-refractivity contribution < 1.29 is 4.39 Å². The highest BCUT2D eigenvalue weighted by Crippen LogP contribution is 2.28. The van der Waals surface area contributed by atoms with Gasteiger partial charge in [0.15, 0.2) is 0 Å². The van der Waals surface area contributed by atoms with E-state index in [2.05, 4.69) is 5.32 Å². The number of hydrogen-bond acceptors (Lipinski definition) is 1. The van der Waals surface area contributed by atoms with Crippen molar-refractivity contribution >= 4 is 23.2 Å². The number of alkyl halides is 1. The molecule has 0 heterocycles. The molecule has 0 amide bonds. The Kier molecular flexibility index (Phi) is 5.28. The van der Waals surface area contributed by atoms with Gasteiger partial charge in [-0.1, -0.05) is 36.6 Å². The Morgan fingerprint density at radius 1 is 1.28 bits per heavy atom. The van der Waals surface area contributed by atoms with Crippen LogP contribution in [0.15, 0.2) is 18.2 Å². The van der Waals surface area contributed by atoms with Gasteiger partial charge in [0, 0.05) is 11.9 Å². The van der Waals surface area contributed by atoms with Gasteiger partial charge in [0.2, 0.25) is 0 Å². The molecule has 2 rings (SSSR count). The largest absolute Gasteiger partial charge is 0.312 e. The molecule has 1 aromatic rings. The summed E-state index contributed by atoms with van der Waals surface area (Å²) in [6.45, 7) is 1.47. The van der Waals surface area contributed by atoms with Gasteiger partial charge in [0.25, 0.3) is 0 Å². The van der Waals surface area contributed by atoms with Crippen LogP contribution in [0.3, 0.4) is 0 Å². The third-order valence-corrected chi connectivity index (χ3v) is 4.57. The number of rotatable bonds is 4. The zero-order chi connectivity index (χ0) is 13.0. The molecule has 4 heteroatoms. The first kappa shape index (κ1) is 14.1. The van der Waals surface area contributed by atoms with Crippen molar-refractivity contribution in [1.29, 1.82) is 0 Å². The molecule has 1 fully saturated rings. The van der Waals surface area contributed by atoms with Gasteiger partial charge in [0.05, 0.1) is 5.02 Å². The van der Waals surface area contributed by atoms with E-state index in [9.17, 15) is 4.39 Å². The Morgan fingerprint density at radius 2 is 2.06 bits per heavy atom. The van der Waals surface area contributed by atoms with Crippen LogP contribution in [0.5, 0.6) is 0 Å². The molecule has 1 saturated carbocycles. The monoisotopic (exact) mass is 289 g/mol. The lowest BCUT2D eigenvalue weighted by atomic mass is 9.89. The standard InChI is InChI=1S/C14H18Cl2FN/c15-12-6-2-1-4-10(12)8-18-9-11-5-3-7-13(17)14(11)16/h3,5,7,10,12,18H,1-2,4,6,8-9H2. The maximum atomic E-state index is 13.2. The van der Waals surface area contributed by atoms with Crippen molar-refractivity contribution in [3.63, 3.8) is 0 Å². The van der Waals surface area contributed by atoms with Crippen molar-refractivity contribution in [2.24, 2.45) is 5.92 Å². The summed E-state index contributed by atoms with van der Waals surface area (Å²) in [5.74, 6) is 0.164. The second-order valence-corrected chi connectivity index (χ2v) is 5.84. The van der Waals surface area contributed by atoms with Crippen LogP contribution >= 0.6 is 23.2 Å². The van der Waals surface area contributed by atoms with Gasteiger partial charge >= 0.3 is 0 Å². The van der Waals surface area contributed by atoms with Crippen LogP contribution in [0, 0.1) is 11.7 Å². The molecule has 1 aliphatic carbocycles. The molecule has 0 aliphatic heterocycles. The lowest BCUT2D eigenvalue weighted by Gasteiger charge is -2.27. The van der Waals surface area contributed by atoms with E-state index >= 15 is 0 Å². The summed E-state index contributed by atoms with van der Waals surface area (Å²) < 4.78 is 13.2. The molecule has 0 spiro atoms. The highest BCUT2D eigenvalue weighted by molar-refractivity contribution is 6.31. The van der Waals surface area contributed by atoms with E-state index in [4.69, 9.17) is 23.2 Å². The zero-order valence-electron chi connectivity index (χ0n) is 10.3. The maximum Gasteiger partial charge on any atom is 0.142 e. The minimum atomic E-state index is -0.358. The van der Waals surface area contributed by atoms with E-state index in [1.807, 2.05) is 6.07 Å². The summed E-state index contributed by atoms with van der Waals surface area (Å²) in [5.41, 5.74) is 0.804. The van der Waals surface area contributed by atoms with Crippen LogP contribution in [0.4, 0.5) is 4.39 Å². The number of nitrogens with one attached hydrogen (secondary N) is 1. The molecule has 1 nitrogen and oxygen atoms in total. The van der Waals surface area contributed by atoms with Gasteiger partial charge in [-0.2, -0.15) is 0 Å². The van der Waals surface area contributed by atoms with Crippen LogP contribution in [-0.2, 0) is 6.54 Å². The molecule has 0 bridgehead atoms. The molecule has 2 atom stereocenters. The van der Waals surface area contributed by atoms with E-state index in [0.717, 1.165) is 18.5 Å². The van der Waals surface area contributed by atoms with Crippen molar-refractivity contribution in [3.05, 3.63) is 34.6 Å². The van der Waals surface area contributed by atoms with Gasteiger partial charge in [-0.05, 0) is 36.9 Å². The summed E-state index contributed by atoms with van der Waals surface area (Å²) >= 11 is 12.2. The van der Waals surface area contributed by atoms with Gasteiger partial charge in [0.1, 0.15) is 5.82 Å². The minimum Gasteiger partial charge on any atom is -0.312 e. The Hall–Kier alpha value is -0.310. The third kappa shape index (κ3) is 3.59. The Morgan fingerprint density at radius 3 is 2.83 bits per heavy atom. The minimum absolute atomic E-state index is 0.219. The van der Waals surface area contributed by atoms with Gasteiger partial charge in [-0.25, -0.2) is 4.39 Å². The topological polar surface area (TPSA) is 12.0 Å². The third-order valence-electron chi connectivity index (χ3n) is 3.57. The Bertz CT molecular complexity index is 397. The van der Waals surface area contributed by atoms with Gasteiger partial charge in [-0.3, -0.25) is 0 Å². The number of hydrogen-bond donors (Lipinski definition) is 1. The summed E-state index contributed by atoms with van der Waals surface area (Å²) in [7, 11) is 0. The normalized spacial score (nSPS) is 24.2. The lowest BCUT2D eigenvalue weighted by molar-refractivity contribution is 0.348. The number of benzene rings is 1. The molecule has 100 valence electrons. The average Bonchev–Trinajstić information content (AvgIpc) is 2.37. The predicted octanol–water partition coefficient (Wildman–Crippen LogP) is 4.37. The van der Waals surface area contributed by atoms with Crippen LogP contribution in [-0.4, -0.2) is 11.9 Å². The van der Waals surface area contributed by atoms with Crippen LogP contribution in [0.25, 0.3) is 0 Å². The van der Waals surface area contributed by atoms with Crippen LogP contribution < -0.4 is 5.32 Å². The molecule has 1 N–H and O–H groups in total. The molecule has 1 aromatic carbocycles. The molecule has 0 aromatic heterocycles. The van der Waals surface area contributed by atoms with E-state index in [1.165, 1.54) is 25.3 Å². The lowest BCUT2D eigenvalue weighted by Crippen LogP contribution is -2.30. The maximum absolute atomic E-state index is 13.2. The molecule has 2 unspecified atom stereocenters. The average molecular weight is 290 g/mol. The first-order valence-corrected chi connectivity index (χ1v) is 7.27. The van der Waals surface area contributed by atoms with Crippen LogP contribution in [0.2, 0.25) is 5.02 Å². The molecule has 1 aliphatic rings. The molecular formula is C14H18Cl2FN. The fourth-order valence-corrected chi connectivity index (χ4v) is 3.03. The summed E-state index contributed by atoms with van der Waals surface area (Å²) in [6, 6.07) is 4.91. The predicted molar refractivity (Wildman–Crippen MR) is 74.7 cm³/mol. The second kappa shape index (κ2) is 6.74. The van der Waals surface area contributed by atoms with Crippen molar-refractivity contribution in [2.75, 3.05) is 6.54 Å². The van der Waals surface area contributed by atoms with Crippen LogP contribution in [0.1, 0.15) is 31.2 Å². The van der Waals surface area contributed by atoms with Crippen molar-refractivity contribution in [3.8, 4) is 0 Å². The molecule has 0 radical (unpaired) electrons. The summed E-state index contributed by atoms with van der Waals surface area (Å²) in [5, 5.41) is 3.83. The van der Waals surface area contributed by atoms with Gasteiger partial charge in [-0.15, -0.1) is 11.6 Å². The van der Waals surface area contributed by atoms with Crippen molar-refractivity contribution in [1.82, 2.24) is 5.32 Å². The van der Waals surface area contributed by atoms with E-state index in [1.54, 1.807) is 6.07 Å². The van der Waals surface area contributed by atoms with E-state index < -0.39 is 0 Å². The fraction of sp³-hybridized carbons (Fsp3) is 0.571. The zero-order valence-corrected chi connectivity index (χ0v) is 11.8. The summed E-state index contributed by atoms with van der Waals surface area (Å²) in [6.07, 6.45) is 4.78. The fourth-order valence-electron chi connectivity index (χ4n) is 2.47. The SMILES string of the molecule is Fc1cccc(CNCC2CCCCC2Cl)c1Cl. The Labute approximate surface area is 118 Å². The molecule has 18 heavy (non-hydrogen) atoms. The molecule has 0 saturated heterocycles. The highest BCUT2D eigenvalue weighted by atomic mass is 35.5. The molecular weight excluding hydrogens is 272 g/mol. The quantitative estimate of drug-likeness (QED) is 0.812.